The highest BCUT2D eigenvalue weighted by molar-refractivity contribution is 6.34. The van der Waals surface area contributed by atoms with Gasteiger partial charge in [0.05, 0.1) is 6.61 Å². The Morgan fingerprint density at radius 1 is 1.44 bits per heavy atom. The Kier molecular flexibility index (Phi) is 6.19. The van der Waals surface area contributed by atoms with Gasteiger partial charge < -0.3 is 0 Å². The van der Waals surface area contributed by atoms with Gasteiger partial charge in [0, 0.05) is 16.1 Å². The number of halogens is 2. The zero-order valence-electron chi connectivity index (χ0n) is 10.2. The van der Waals surface area contributed by atoms with Crippen LogP contribution in [0.15, 0.2) is 24.3 Å². The van der Waals surface area contributed by atoms with Gasteiger partial charge in [-0.2, -0.15) is 0 Å². The lowest BCUT2D eigenvalue weighted by atomic mass is 10.2. The number of benzene rings is 1. The minimum Gasteiger partial charge on any atom is -0.273 e. The molecule has 1 aromatic rings. The summed E-state index contributed by atoms with van der Waals surface area (Å²) in [6, 6.07) is 5.05. The van der Waals surface area contributed by atoms with E-state index in [9.17, 15) is 4.79 Å². The molecule has 1 N–H and O–H groups in total. The van der Waals surface area contributed by atoms with Crippen LogP contribution in [0.4, 0.5) is 0 Å². The first-order chi connectivity index (χ1) is 8.49. The molecule has 0 atom stereocenters. The van der Waals surface area contributed by atoms with Gasteiger partial charge in [0.25, 0.3) is 5.91 Å². The Labute approximate surface area is 117 Å². The van der Waals surface area contributed by atoms with Crippen molar-refractivity contribution >= 4 is 35.2 Å². The number of amides is 1. The Morgan fingerprint density at radius 3 is 2.83 bits per heavy atom. The topological polar surface area (TPSA) is 38.3 Å². The molecule has 0 saturated heterocycles. The second-order valence-corrected chi connectivity index (χ2v) is 5.01. The van der Waals surface area contributed by atoms with Gasteiger partial charge in [-0.15, -0.1) is 0 Å². The molecule has 0 aliphatic heterocycles. The molecule has 3 nitrogen and oxygen atoms in total. The van der Waals surface area contributed by atoms with E-state index in [1.165, 1.54) is 6.08 Å². The Bertz CT molecular complexity index is 445. The summed E-state index contributed by atoms with van der Waals surface area (Å²) in [7, 11) is 0. The molecule has 0 aromatic heterocycles. The van der Waals surface area contributed by atoms with E-state index in [4.69, 9.17) is 28.0 Å². The molecule has 0 heterocycles. The van der Waals surface area contributed by atoms with Crippen LogP contribution < -0.4 is 5.48 Å². The Morgan fingerprint density at radius 2 is 2.17 bits per heavy atom. The smallest absolute Gasteiger partial charge is 0.267 e. The number of carbonyl (C=O) groups is 1. The van der Waals surface area contributed by atoms with E-state index >= 15 is 0 Å². The molecule has 0 spiro atoms. The summed E-state index contributed by atoms with van der Waals surface area (Å²) >= 11 is 11.8. The van der Waals surface area contributed by atoms with Crippen molar-refractivity contribution in [3.8, 4) is 0 Å². The lowest BCUT2D eigenvalue weighted by Gasteiger charge is -2.05. The normalized spacial score (nSPS) is 11.2. The largest absolute Gasteiger partial charge is 0.273 e. The van der Waals surface area contributed by atoms with E-state index in [2.05, 4.69) is 5.48 Å². The van der Waals surface area contributed by atoms with E-state index in [1.807, 2.05) is 13.8 Å². The second-order valence-electron chi connectivity index (χ2n) is 4.17. The summed E-state index contributed by atoms with van der Waals surface area (Å²) in [4.78, 5) is 16.4. The molecular formula is C13H15Cl2NO2. The van der Waals surface area contributed by atoms with Gasteiger partial charge in [-0.05, 0) is 35.8 Å². The fourth-order valence-corrected chi connectivity index (χ4v) is 1.48. The van der Waals surface area contributed by atoms with Crippen LogP contribution in [0.2, 0.25) is 10.0 Å². The van der Waals surface area contributed by atoms with Crippen LogP contribution in [-0.2, 0) is 9.63 Å². The molecule has 0 saturated carbocycles. The molecule has 98 valence electrons. The number of nitrogens with one attached hydrogen (secondary N) is 1. The summed E-state index contributed by atoms with van der Waals surface area (Å²) in [6.45, 7) is 4.46. The quantitative estimate of drug-likeness (QED) is 0.662. The van der Waals surface area contributed by atoms with E-state index in [0.717, 1.165) is 0 Å². The molecule has 1 amide bonds. The van der Waals surface area contributed by atoms with Crippen molar-refractivity contribution in [2.45, 2.75) is 13.8 Å². The van der Waals surface area contributed by atoms with Crippen molar-refractivity contribution in [2.75, 3.05) is 6.61 Å². The lowest BCUT2D eigenvalue weighted by Crippen LogP contribution is -2.23. The first kappa shape index (κ1) is 15.0. The molecular weight excluding hydrogens is 273 g/mol. The minimum absolute atomic E-state index is 0.341. The maximum atomic E-state index is 11.4. The van der Waals surface area contributed by atoms with Gasteiger partial charge in [0.2, 0.25) is 0 Å². The van der Waals surface area contributed by atoms with Crippen molar-refractivity contribution in [2.24, 2.45) is 5.92 Å². The molecule has 1 aromatic carbocycles. The first-order valence-corrected chi connectivity index (χ1v) is 6.29. The molecule has 0 fully saturated rings. The summed E-state index contributed by atoms with van der Waals surface area (Å²) in [5.41, 5.74) is 3.00. The van der Waals surface area contributed by atoms with Crippen molar-refractivity contribution in [1.82, 2.24) is 5.48 Å². The molecule has 18 heavy (non-hydrogen) atoms. The Balaban J connectivity index is 2.53. The molecule has 0 radical (unpaired) electrons. The average Bonchev–Trinajstić information content (AvgIpc) is 2.30. The predicted octanol–water partition coefficient (Wildman–Crippen LogP) is 3.71. The summed E-state index contributed by atoms with van der Waals surface area (Å²) < 4.78 is 0. The van der Waals surface area contributed by atoms with E-state index < -0.39 is 0 Å². The highest BCUT2D eigenvalue weighted by Gasteiger charge is 2.00. The van der Waals surface area contributed by atoms with Crippen molar-refractivity contribution in [1.29, 1.82) is 0 Å². The fourth-order valence-electron chi connectivity index (χ4n) is 1.12. The van der Waals surface area contributed by atoms with Crippen LogP contribution in [0.25, 0.3) is 6.08 Å². The standard InChI is InChI=1S/C13H15Cl2NO2/c1-9(2)8-18-16-13(17)6-3-10-7-11(14)4-5-12(10)15/h3-7,9H,8H2,1-2H3,(H,16,17)/b6-3+. The maximum absolute atomic E-state index is 11.4. The summed E-state index contributed by atoms with van der Waals surface area (Å²) in [6.07, 6.45) is 2.93. The number of hydroxylamine groups is 1. The maximum Gasteiger partial charge on any atom is 0.267 e. The van der Waals surface area contributed by atoms with Crippen LogP contribution in [0.5, 0.6) is 0 Å². The lowest BCUT2D eigenvalue weighted by molar-refractivity contribution is -0.129. The van der Waals surface area contributed by atoms with Gasteiger partial charge in [-0.3, -0.25) is 9.63 Å². The fraction of sp³-hybridized carbons (Fsp3) is 0.308. The number of rotatable bonds is 5. The highest BCUT2D eigenvalue weighted by Crippen LogP contribution is 2.21. The third-order valence-corrected chi connectivity index (χ3v) is 2.54. The van der Waals surface area contributed by atoms with Gasteiger partial charge >= 0.3 is 0 Å². The van der Waals surface area contributed by atoms with Crippen LogP contribution in [0.3, 0.4) is 0 Å². The zero-order chi connectivity index (χ0) is 13.5. The first-order valence-electron chi connectivity index (χ1n) is 5.54. The van der Waals surface area contributed by atoms with Crippen LogP contribution >= 0.6 is 23.2 Å². The monoisotopic (exact) mass is 287 g/mol. The van der Waals surface area contributed by atoms with Crippen LogP contribution in [0, 0.1) is 5.92 Å². The molecule has 0 aliphatic rings. The number of carbonyl (C=O) groups excluding carboxylic acids is 1. The van der Waals surface area contributed by atoms with E-state index in [-0.39, 0.29) is 5.91 Å². The average molecular weight is 288 g/mol. The van der Waals surface area contributed by atoms with Crippen LogP contribution in [0.1, 0.15) is 19.4 Å². The van der Waals surface area contributed by atoms with Gasteiger partial charge in [0.15, 0.2) is 0 Å². The number of hydrogen-bond donors (Lipinski definition) is 1. The molecule has 5 heteroatoms. The Hall–Kier alpha value is -1.03. The highest BCUT2D eigenvalue weighted by atomic mass is 35.5. The SMILES string of the molecule is CC(C)CONC(=O)/C=C/c1cc(Cl)ccc1Cl. The molecule has 0 unspecified atom stereocenters. The third kappa shape index (κ3) is 5.54. The molecule has 1 rings (SSSR count). The van der Waals surface area contributed by atoms with Gasteiger partial charge in [-0.25, -0.2) is 5.48 Å². The van der Waals surface area contributed by atoms with Crippen molar-refractivity contribution in [3.05, 3.63) is 39.9 Å². The van der Waals surface area contributed by atoms with Crippen molar-refractivity contribution in [3.63, 3.8) is 0 Å². The van der Waals surface area contributed by atoms with Gasteiger partial charge in [0.1, 0.15) is 0 Å². The molecule has 0 bridgehead atoms. The molecule has 0 aliphatic carbocycles. The van der Waals surface area contributed by atoms with Crippen molar-refractivity contribution < 1.29 is 9.63 Å². The number of hydrogen-bond acceptors (Lipinski definition) is 2. The minimum atomic E-state index is -0.341. The summed E-state index contributed by atoms with van der Waals surface area (Å²) in [5.74, 6) is 0.0170. The van der Waals surface area contributed by atoms with Crippen LogP contribution in [-0.4, -0.2) is 12.5 Å². The van der Waals surface area contributed by atoms with E-state index in [0.29, 0.717) is 28.1 Å². The zero-order valence-corrected chi connectivity index (χ0v) is 11.8. The van der Waals surface area contributed by atoms with Gasteiger partial charge in [-0.1, -0.05) is 37.0 Å². The second kappa shape index (κ2) is 7.41. The predicted molar refractivity (Wildman–Crippen MR) is 74.4 cm³/mol. The van der Waals surface area contributed by atoms with E-state index in [1.54, 1.807) is 24.3 Å². The third-order valence-electron chi connectivity index (χ3n) is 1.96. The summed E-state index contributed by atoms with van der Waals surface area (Å²) in [5, 5.41) is 1.10.